The van der Waals surface area contributed by atoms with Crippen molar-refractivity contribution in [1.82, 2.24) is 4.31 Å². The molecule has 0 unspecified atom stereocenters. The third kappa shape index (κ3) is 3.00. The van der Waals surface area contributed by atoms with E-state index in [2.05, 4.69) is 6.92 Å². The van der Waals surface area contributed by atoms with Crippen LogP contribution in [-0.4, -0.2) is 35.1 Å². The Bertz CT molecular complexity index is 192. The van der Waals surface area contributed by atoms with Gasteiger partial charge in [0.2, 0.25) is 0 Å². The Morgan fingerprint density at radius 1 is 1.38 bits per heavy atom. The molecule has 1 heterocycles. The van der Waals surface area contributed by atoms with Crippen molar-refractivity contribution >= 4 is 23.8 Å². The van der Waals surface area contributed by atoms with Crippen molar-refractivity contribution in [2.75, 3.05) is 19.0 Å². The minimum absolute atomic E-state index is 0.0326. The number of carbonyl (C=O) groups excluding carboxylic acids is 2. The molecule has 5 heteroatoms. The molecule has 1 aliphatic heterocycles. The van der Waals surface area contributed by atoms with Crippen molar-refractivity contribution < 1.29 is 14.3 Å². The normalized spacial score (nSPS) is 18.1. The third-order valence-corrected chi connectivity index (χ3v) is 2.76. The van der Waals surface area contributed by atoms with E-state index in [4.69, 9.17) is 4.74 Å². The van der Waals surface area contributed by atoms with Gasteiger partial charge >= 0.3 is 0 Å². The highest BCUT2D eigenvalue weighted by molar-refractivity contribution is 7.98. The van der Waals surface area contributed by atoms with E-state index in [1.54, 1.807) is 0 Å². The predicted molar refractivity (Wildman–Crippen MR) is 50.0 cm³/mol. The molecule has 0 aromatic carbocycles. The lowest BCUT2D eigenvalue weighted by atomic mass is 10.4. The van der Waals surface area contributed by atoms with E-state index < -0.39 is 0 Å². The number of morpholine rings is 1. The lowest BCUT2D eigenvalue weighted by molar-refractivity contribution is -0.150. The van der Waals surface area contributed by atoms with Gasteiger partial charge in [-0.15, -0.1) is 0 Å². The molecule has 0 atom stereocenters. The highest BCUT2D eigenvalue weighted by Gasteiger charge is 2.26. The van der Waals surface area contributed by atoms with Gasteiger partial charge in [0.25, 0.3) is 11.8 Å². The number of amides is 2. The molecule has 0 N–H and O–H groups in total. The third-order valence-electron chi connectivity index (χ3n) is 1.62. The van der Waals surface area contributed by atoms with Gasteiger partial charge in [-0.1, -0.05) is 13.3 Å². The number of hydrogen-bond donors (Lipinski definition) is 0. The van der Waals surface area contributed by atoms with Crippen LogP contribution in [0.15, 0.2) is 0 Å². The number of nitrogens with zero attached hydrogens (tertiary/aromatic N) is 1. The molecule has 13 heavy (non-hydrogen) atoms. The first-order valence-corrected chi connectivity index (χ1v) is 5.26. The van der Waals surface area contributed by atoms with Gasteiger partial charge in [0.1, 0.15) is 13.2 Å². The van der Waals surface area contributed by atoms with E-state index in [-0.39, 0.29) is 25.0 Å². The number of hydrogen-bond acceptors (Lipinski definition) is 4. The monoisotopic (exact) mass is 203 g/mol. The molecule has 1 aliphatic rings. The summed E-state index contributed by atoms with van der Waals surface area (Å²) in [5.74, 6) is 0.336. The van der Waals surface area contributed by atoms with Gasteiger partial charge in [-0.05, 0) is 18.4 Å². The van der Waals surface area contributed by atoms with Crippen LogP contribution < -0.4 is 0 Å². The maximum absolute atomic E-state index is 11.2. The molecule has 0 aliphatic carbocycles. The fraction of sp³-hybridized carbons (Fsp3) is 0.750. The lowest BCUT2D eigenvalue weighted by Gasteiger charge is -2.23. The van der Waals surface area contributed by atoms with Crippen molar-refractivity contribution in [2.24, 2.45) is 0 Å². The Balaban J connectivity index is 2.35. The van der Waals surface area contributed by atoms with Crippen LogP contribution in [0.4, 0.5) is 0 Å². The zero-order valence-corrected chi connectivity index (χ0v) is 8.43. The van der Waals surface area contributed by atoms with E-state index >= 15 is 0 Å². The molecule has 1 fully saturated rings. The summed E-state index contributed by atoms with van der Waals surface area (Å²) in [5.41, 5.74) is 0. The summed E-state index contributed by atoms with van der Waals surface area (Å²) in [5, 5.41) is 0. The van der Waals surface area contributed by atoms with Crippen molar-refractivity contribution in [3.8, 4) is 0 Å². The molecule has 1 rings (SSSR count). The highest BCUT2D eigenvalue weighted by atomic mass is 32.2. The van der Waals surface area contributed by atoms with Crippen LogP contribution in [0.25, 0.3) is 0 Å². The van der Waals surface area contributed by atoms with Gasteiger partial charge in [-0.25, -0.2) is 4.31 Å². The van der Waals surface area contributed by atoms with Crippen molar-refractivity contribution in [3.63, 3.8) is 0 Å². The molecular weight excluding hydrogens is 190 g/mol. The topological polar surface area (TPSA) is 46.6 Å². The van der Waals surface area contributed by atoms with Crippen molar-refractivity contribution in [2.45, 2.75) is 19.8 Å². The second-order valence-electron chi connectivity index (χ2n) is 2.76. The largest absolute Gasteiger partial charge is 0.362 e. The van der Waals surface area contributed by atoms with Crippen molar-refractivity contribution in [3.05, 3.63) is 0 Å². The molecule has 74 valence electrons. The number of ether oxygens (including phenoxy) is 1. The maximum Gasteiger partial charge on any atom is 0.265 e. The molecule has 0 aromatic rings. The fourth-order valence-corrected chi connectivity index (χ4v) is 1.92. The summed E-state index contributed by atoms with van der Waals surface area (Å²) >= 11 is 1.29. The van der Waals surface area contributed by atoms with E-state index in [1.165, 1.54) is 16.3 Å². The minimum atomic E-state index is -0.239. The number of unbranched alkanes of at least 4 members (excludes halogenated alkanes) is 1. The molecule has 2 amide bonds. The second-order valence-corrected chi connectivity index (χ2v) is 3.79. The van der Waals surface area contributed by atoms with Crippen LogP contribution >= 0.6 is 11.9 Å². The summed E-state index contributed by atoms with van der Waals surface area (Å²) in [6.45, 7) is 2.14. The van der Waals surface area contributed by atoms with Gasteiger partial charge in [-0.2, -0.15) is 0 Å². The Labute approximate surface area is 81.7 Å². The Hall–Kier alpha value is -0.550. The Morgan fingerprint density at radius 2 is 2.00 bits per heavy atom. The molecule has 0 spiro atoms. The Morgan fingerprint density at radius 3 is 2.54 bits per heavy atom. The predicted octanol–water partition coefficient (Wildman–Crippen LogP) is 0.820. The van der Waals surface area contributed by atoms with Crippen LogP contribution in [-0.2, 0) is 14.3 Å². The summed E-state index contributed by atoms with van der Waals surface area (Å²) in [6.07, 6.45) is 2.09. The summed E-state index contributed by atoms with van der Waals surface area (Å²) in [6, 6.07) is 0. The molecule has 4 nitrogen and oxygen atoms in total. The first kappa shape index (κ1) is 10.5. The van der Waals surface area contributed by atoms with E-state index in [0.717, 1.165) is 18.6 Å². The van der Waals surface area contributed by atoms with E-state index in [9.17, 15) is 9.59 Å². The van der Waals surface area contributed by atoms with E-state index in [0.29, 0.717) is 0 Å². The highest BCUT2D eigenvalue weighted by Crippen LogP contribution is 2.15. The molecule has 0 radical (unpaired) electrons. The molecular formula is C8H13NO3S. The van der Waals surface area contributed by atoms with Crippen molar-refractivity contribution in [1.29, 1.82) is 0 Å². The fourth-order valence-electron chi connectivity index (χ4n) is 0.926. The van der Waals surface area contributed by atoms with Gasteiger partial charge < -0.3 is 4.74 Å². The number of imide groups is 1. The summed E-state index contributed by atoms with van der Waals surface area (Å²) < 4.78 is 6.00. The molecule has 1 saturated heterocycles. The van der Waals surface area contributed by atoms with Gasteiger partial charge in [0, 0.05) is 5.75 Å². The van der Waals surface area contributed by atoms with Crippen LogP contribution in [0.2, 0.25) is 0 Å². The Kier molecular flexibility index (Phi) is 4.24. The zero-order valence-electron chi connectivity index (χ0n) is 7.62. The van der Waals surface area contributed by atoms with Crippen LogP contribution in [0.1, 0.15) is 19.8 Å². The summed E-state index contributed by atoms with van der Waals surface area (Å²) in [4.78, 5) is 22.3. The molecule has 0 saturated carbocycles. The maximum atomic E-state index is 11.2. The van der Waals surface area contributed by atoms with Crippen LogP contribution in [0.5, 0.6) is 0 Å². The standard InChI is InChI=1S/C8H13NO3S/c1-2-3-4-13-9-7(10)5-12-6-8(9)11/h2-6H2,1H3. The average Bonchev–Trinajstić information content (AvgIpc) is 2.10. The smallest absolute Gasteiger partial charge is 0.265 e. The molecule has 0 aromatic heterocycles. The second kappa shape index (κ2) is 5.24. The lowest BCUT2D eigenvalue weighted by Crippen LogP contribution is -2.41. The van der Waals surface area contributed by atoms with Crippen LogP contribution in [0.3, 0.4) is 0 Å². The van der Waals surface area contributed by atoms with Crippen LogP contribution in [0, 0.1) is 0 Å². The van der Waals surface area contributed by atoms with E-state index in [1.807, 2.05) is 0 Å². The first-order chi connectivity index (χ1) is 6.25. The average molecular weight is 203 g/mol. The van der Waals surface area contributed by atoms with Gasteiger partial charge in [0.15, 0.2) is 0 Å². The number of carbonyl (C=O) groups is 2. The van der Waals surface area contributed by atoms with Gasteiger partial charge in [0.05, 0.1) is 0 Å². The minimum Gasteiger partial charge on any atom is -0.362 e. The first-order valence-electron chi connectivity index (χ1n) is 4.32. The number of rotatable bonds is 4. The zero-order chi connectivity index (χ0) is 9.68. The molecule has 0 bridgehead atoms. The summed E-state index contributed by atoms with van der Waals surface area (Å²) in [7, 11) is 0. The SMILES string of the molecule is CCCCSN1C(=O)COCC1=O. The quantitative estimate of drug-likeness (QED) is 0.385. The van der Waals surface area contributed by atoms with Gasteiger partial charge in [-0.3, -0.25) is 9.59 Å².